The van der Waals surface area contributed by atoms with E-state index in [1.807, 2.05) is 32.9 Å². The van der Waals surface area contributed by atoms with Crippen molar-refractivity contribution in [3.63, 3.8) is 0 Å². The smallest absolute Gasteiger partial charge is 0.418 e. The minimum atomic E-state index is -4.80. The molecule has 0 saturated heterocycles. The van der Waals surface area contributed by atoms with Crippen molar-refractivity contribution in [3.8, 4) is 28.4 Å². The van der Waals surface area contributed by atoms with Crippen molar-refractivity contribution in [2.24, 2.45) is 0 Å². The second-order valence-corrected chi connectivity index (χ2v) is 10.3. The number of methoxy groups -OCH3 is 1. The fourth-order valence-electron chi connectivity index (χ4n) is 4.92. The molecular weight excluding hydrogens is 491 g/mol. The number of fused-ring (bicyclic) bond motifs is 5. The zero-order chi connectivity index (χ0) is 26.0. The Labute approximate surface area is 210 Å². The molecule has 3 N–H and O–H groups in total. The molecular formula is C27H24F3NO4S. The van der Waals surface area contributed by atoms with Crippen LogP contribution in [0.3, 0.4) is 0 Å². The Balaban J connectivity index is 1.79. The SMILES string of the molecule is COc1c(O)ccc2c1-c1ccc3c(c1C(=Cc1sccc1[C@H](O)C(F)(F)F)O2)C(C)=CC(C)(C)N3. The summed E-state index contributed by atoms with van der Waals surface area (Å²) in [6.07, 6.45) is -3.81. The lowest BCUT2D eigenvalue weighted by Gasteiger charge is -2.35. The van der Waals surface area contributed by atoms with Gasteiger partial charge in [-0.3, -0.25) is 0 Å². The molecule has 2 aliphatic heterocycles. The predicted octanol–water partition coefficient (Wildman–Crippen LogP) is 7.22. The highest BCUT2D eigenvalue weighted by Crippen LogP contribution is 2.54. The number of benzene rings is 2. The van der Waals surface area contributed by atoms with Gasteiger partial charge in [-0.25, -0.2) is 0 Å². The molecule has 36 heavy (non-hydrogen) atoms. The van der Waals surface area contributed by atoms with E-state index in [4.69, 9.17) is 9.47 Å². The normalized spacial score (nSPS) is 17.8. The van der Waals surface area contributed by atoms with Gasteiger partial charge in [-0.1, -0.05) is 12.1 Å². The van der Waals surface area contributed by atoms with E-state index < -0.39 is 12.3 Å². The molecule has 0 amide bonds. The van der Waals surface area contributed by atoms with Gasteiger partial charge in [-0.05, 0) is 62.1 Å². The van der Waals surface area contributed by atoms with E-state index in [-0.39, 0.29) is 27.5 Å². The predicted molar refractivity (Wildman–Crippen MR) is 135 cm³/mol. The van der Waals surface area contributed by atoms with Crippen molar-refractivity contribution < 1.29 is 32.9 Å². The van der Waals surface area contributed by atoms with Gasteiger partial charge in [0.2, 0.25) is 0 Å². The summed E-state index contributed by atoms with van der Waals surface area (Å²) in [5.74, 6) is 0.900. The van der Waals surface area contributed by atoms with Gasteiger partial charge in [0.25, 0.3) is 0 Å². The number of phenolic OH excluding ortho intramolecular Hbond substituents is 1. The molecule has 5 rings (SSSR count). The zero-order valence-corrected chi connectivity index (χ0v) is 20.8. The van der Waals surface area contributed by atoms with E-state index in [0.29, 0.717) is 28.2 Å². The van der Waals surface area contributed by atoms with Gasteiger partial charge in [0.15, 0.2) is 17.6 Å². The number of hydrogen-bond donors (Lipinski definition) is 3. The number of hydrogen-bond acceptors (Lipinski definition) is 6. The van der Waals surface area contributed by atoms with E-state index in [1.54, 1.807) is 6.07 Å². The first-order valence-corrected chi connectivity index (χ1v) is 12.1. The van der Waals surface area contributed by atoms with Crippen LogP contribution in [-0.4, -0.2) is 29.0 Å². The van der Waals surface area contributed by atoms with E-state index in [2.05, 4.69) is 11.4 Å². The van der Waals surface area contributed by atoms with Gasteiger partial charge in [0.1, 0.15) is 11.5 Å². The van der Waals surface area contributed by atoms with Crippen LogP contribution < -0.4 is 14.8 Å². The third-order valence-electron chi connectivity index (χ3n) is 6.27. The number of thiophene rings is 1. The second kappa shape index (κ2) is 8.31. The molecule has 2 aromatic carbocycles. The van der Waals surface area contributed by atoms with Crippen LogP contribution in [-0.2, 0) is 0 Å². The van der Waals surface area contributed by atoms with Crippen LogP contribution in [0.25, 0.3) is 28.5 Å². The minimum absolute atomic E-state index is 0.0590. The second-order valence-electron chi connectivity index (χ2n) is 9.37. The van der Waals surface area contributed by atoms with Gasteiger partial charge in [0, 0.05) is 32.8 Å². The largest absolute Gasteiger partial charge is 0.504 e. The fourth-order valence-corrected chi connectivity index (χ4v) is 5.77. The highest BCUT2D eigenvalue weighted by molar-refractivity contribution is 7.11. The van der Waals surface area contributed by atoms with Crippen molar-refractivity contribution in [1.82, 2.24) is 0 Å². The molecule has 0 saturated carbocycles. The Kier molecular flexibility index (Phi) is 5.61. The Bertz CT molecular complexity index is 1440. The number of ether oxygens (including phenoxy) is 2. The Morgan fingerprint density at radius 2 is 1.86 bits per heavy atom. The van der Waals surface area contributed by atoms with Crippen LogP contribution in [0.2, 0.25) is 0 Å². The van der Waals surface area contributed by atoms with Crippen LogP contribution in [0.15, 0.2) is 41.8 Å². The van der Waals surface area contributed by atoms with E-state index in [9.17, 15) is 23.4 Å². The molecule has 3 heterocycles. The summed E-state index contributed by atoms with van der Waals surface area (Å²) >= 11 is 1.08. The number of aromatic hydroxyl groups is 1. The van der Waals surface area contributed by atoms with Gasteiger partial charge in [0.05, 0.1) is 18.2 Å². The molecule has 0 bridgehead atoms. The summed E-state index contributed by atoms with van der Waals surface area (Å²) < 4.78 is 51.8. The number of anilines is 1. The monoisotopic (exact) mass is 515 g/mol. The summed E-state index contributed by atoms with van der Waals surface area (Å²) in [7, 11) is 1.45. The first-order valence-electron chi connectivity index (χ1n) is 11.2. The number of aliphatic hydroxyl groups is 1. The van der Waals surface area contributed by atoms with Crippen LogP contribution >= 0.6 is 11.3 Å². The van der Waals surface area contributed by atoms with Crippen molar-refractivity contribution in [2.75, 3.05) is 12.4 Å². The van der Waals surface area contributed by atoms with E-state index >= 15 is 0 Å². The number of halogens is 3. The molecule has 1 atom stereocenters. The van der Waals surface area contributed by atoms with Crippen LogP contribution in [0.5, 0.6) is 17.2 Å². The fraction of sp³-hybridized carbons (Fsp3) is 0.259. The summed E-state index contributed by atoms with van der Waals surface area (Å²) in [6, 6.07) is 8.12. The quantitative estimate of drug-likeness (QED) is 0.344. The van der Waals surface area contributed by atoms with Gasteiger partial charge in [-0.2, -0.15) is 13.2 Å². The summed E-state index contributed by atoms with van der Waals surface area (Å²) in [5, 5.41) is 25.4. The molecule has 188 valence electrons. The molecule has 0 spiro atoms. The van der Waals surface area contributed by atoms with Gasteiger partial charge < -0.3 is 25.0 Å². The average molecular weight is 516 g/mol. The maximum atomic E-state index is 13.3. The van der Waals surface area contributed by atoms with Crippen molar-refractivity contribution in [1.29, 1.82) is 0 Å². The molecule has 1 aromatic heterocycles. The number of allylic oxidation sites excluding steroid dienone is 1. The minimum Gasteiger partial charge on any atom is -0.504 e. The molecule has 0 radical (unpaired) electrons. The number of alkyl halides is 3. The molecule has 5 nitrogen and oxygen atoms in total. The van der Waals surface area contributed by atoms with Crippen LogP contribution in [0.1, 0.15) is 48.4 Å². The van der Waals surface area contributed by atoms with Crippen LogP contribution in [0, 0.1) is 0 Å². The molecule has 9 heteroatoms. The first kappa shape index (κ1) is 24.3. The first-order chi connectivity index (χ1) is 16.9. The Morgan fingerprint density at radius 3 is 2.56 bits per heavy atom. The van der Waals surface area contributed by atoms with Crippen molar-refractivity contribution in [2.45, 2.75) is 38.6 Å². The number of aliphatic hydroxyl groups excluding tert-OH is 1. The third-order valence-corrected chi connectivity index (χ3v) is 7.15. The zero-order valence-electron chi connectivity index (χ0n) is 19.9. The van der Waals surface area contributed by atoms with Crippen molar-refractivity contribution >= 4 is 34.4 Å². The van der Waals surface area contributed by atoms with E-state index in [1.165, 1.54) is 30.7 Å². The molecule has 0 fully saturated rings. The standard InChI is InChI=1S/C27H24F3NO4S/c1-13-12-26(2,3)31-16-6-5-15-22(21(13)16)19(35-18-8-7-17(32)24(34-4)23(15)18)11-20-14(9-10-36-20)25(33)27(28,29)30/h5-12,25,31-33H,1-4H3/t25-/m0/s1. The summed E-state index contributed by atoms with van der Waals surface area (Å²) in [5.41, 5.74) is 4.00. The Morgan fingerprint density at radius 1 is 1.11 bits per heavy atom. The maximum Gasteiger partial charge on any atom is 0.418 e. The highest BCUT2D eigenvalue weighted by atomic mass is 32.1. The number of nitrogens with one attached hydrogen (secondary N) is 1. The van der Waals surface area contributed by atoms with E-state index in [0.717, 1.165) is 28.2 Å². The topological polar surface area (TPSA) is 71.0 Å². The molecule has 3 aromatic rings. The van der Waals surface area contributed by atoms with Crippen molar-refractivity contribution in [3.05, 3.63) is 63.4 Å². The Hall–Kier alpha value is -3.43. The molecule has 0 unspecified atom stereocenters. The number of phenols is 1. The average Bonchev–Trinajstić information content (AvgIpc) is 3.24. The van der Waals surface area contributed by atoms with Gasteiger partial charge in [-0.15, -0.1) is 11.3 Å². The highest BCUT2D eigenvalue weighted by Gasteiger charge is 2.41. The summed E-state index contributed by atoms with van der Waals surface area (Å²) in [6.45, 7) is 6.05. The number of rotatable bonds is 3. The maximum absolute atomic E-state index is 13.3. The summed E-state index contributed by atoms with van der Waals surface area (Å²) in [4.78, 5) is 0.235. The van der Waals surface area contributed by atoms with Gasteiger partial charge >= 0.3 is 6.18 Å². The lowest BCUT2D eigenvalue weighted by Crippen LogP contribution is -2.32. The van der Waals surface area contributed by atoms with Crippen LogP contribution in [0.4, 0.5) is 18.9 Å². The molecule has 2 aliphatic rings. The third kappa shape index (κ3) is 3.92. The lowest BCUT2D eigenvalue weighted by atomic mass is 9.83. The molecule has 0 aliphatic carbocycles. The lowest BCUT2D eigenvalue weighted by molar-refractivity contribution is -0.206.